The molecule has 0 aliphatic carbocycles. The molecule has 122 valence electrons. The van der Waals surface area contributed by atoms with Crippen LogP contribution in [0.25, 0.3) is 0 Å². The van der Waals surface area contributed by atoms with Crippen molar-refractivity contribution in [1.29, 1.82) is 0 Å². The first-order valence-electron chi connectivity index (χ1n) is 7.19. The zero-order valence-electron chi connectivity index (χ0n) is 13.0. The third-order valence-electron chi connectivity index (χ3n) is 4.16. The molecule has 0 bridgehead atoms. The van der Waals surface area contributed by atoms with Gasteiger partial charge in [0.05, 0.1) is 17.5 Å². The van der Waals surface area contributed by atoms with E-state index in [-0.39, 0.29) is 17.4 Å². The number of ketones is 1. The fourth-order valence-electron chi connectivity index (χ4n) is 2.91. The first-order valence-corrected chi connectivity index (χ1v) is 9.04. The van der Waals surface area contributed by atoms with E-state index >= 15 is 0 Å². The van der Waals surface area contributed by atoms with Crippen molar-refractivity contribution in [2.45, 2.75) is 25.8 Å². The van der Waals surface area contributed by atoms with Crippen LogP contribution in [0.1, 0.15) is 30.1 Å². The average molecular weight is 328 g/mol. The smallest absolute Gasteiger partial charge is 0.211 e. The second-order valence-electron chi connectivity index (χ2n) is 5.69. The first-order chi connectivity index (χ1) is 10.2. The minimum atomic E-state index is -3.17. The van der Waals surface area contributed by atoms with Crippen molar-refractivity contribution in [2.24, 2.45) is 0 Å². The highest BCUT2D eigenvalue weighted by Crippen LogP contribution is 2.28. The quantitative estimate of drug-likeness (QED) is 0.792. The molecule has 0 spiro atoms. The molecule has 2 rings (SSSR count). The van der Waals surface area contributed by atoms with Crippen LogP contribution in [0.2, 0.25) is 0 Å². The molecule has 0 N–H and O–H groups in total. The lowest BCUT2D eigenvalue weighted by Crippen LogP contribution is -2.45. The Morgan fingerprint density at radius 3 is 2.41 bits per heavy atom. The summed E-state index contributed by atoms with van der Waals surface area (Å²) in [6.45, 7) is 2.24. The molecular weight excluding hydrogens is 307 g/mol. The van der Waals surface area contributed by atoms with Crippen LogP contribution in [0.3, 0.4) is 0 Å². The maximum atomic E-state index is 13.9. The van der Waals surface area contributed by atoms with E-state index < -0.39 is 15.8 Å². The molecule has 1 aromatic rings. The molecule has 1 aliphatic heterocycles. The predicted octanol–water partition coefficient (Wildman–Crippen LogP) is 1.89. The van der Waals surface area contributed by atoms with Gasteiger partial charge in [0.2, 0.25) is 10.0 Å². The van der Waals surface area contributed by atoms with E-state index in [9.17, 15) is 17.6 Å². The van der Waals surface area contributed by atoms with E-state index in [0.29, 0.717) is 31.6 Å². The van der Waals surface area contributed by atoms with Crippen molar-refractivity contribution < 1.29 is 17.6 Å². The van der Waals surface area contributed by atoms with Crippen molar-refractivity contribution in [2.75, 3.05) is 31.3 Å². The molecule has 0 radical (unpaired) electrons. The summed E-state index contributed by atoms with van der Waals surface area (Å²) in [5, 5.41) is 0. The molecule has 0 unspecified atom stereocenters. The van der Waals surface area contributed by atoms with Gasteiger partial charge in [0.1, 0.15) is 5.82 Å². The van der Waals surface area contributed by atoms with Crippen LogP contribution in [0.15, 0.2) is 18.2 Å². The topological polar surface area (TPSA) is 57.7 Å². The molecule has 7 heteroatoms. The number of benzene rings is 1. The molecule has 0 atom stereocenters. The summed E-state index contributed by atoms with van der Waals surface area (Å²) in [5.41, 5.74) is 0.654. The Balaban J connectivity index is 2.19. The van der Waals surface area contributed by atoms with E-state index in [1.165, 1.54) is 23.6 Å². The molecule has 1 saturated heterocycles. The number of halogens is 1. The highest BCUT2D eigenvalue weighted by molar-refractivity contribution is 7.88. The van der Waals surface area contributed by atoms with Crippen LogP contribution in [-0.2, 0) is 10.0 Å². The van der Waals surface area contributed by atoms with Crippen molar-refractivity contribution >= 4 is 21.5 Å². The van der Waals surface area contributed by atoms with Gasteiger partial charge in [-0.2, -0.15) is 0 Å². The monoisotopic (exact) mass is 328 g/mol. The molecule has 0 saturated carbocycles. The maximum absolute atomic E-state index is 13.9. The van der Waals surface area contributed by atoms with Crippen LogP contribution in [-0.4, -0.2) is 50.9 Å². The summed E-state index contributed by atoms with van der Waals surface area (Å²) in [6.07, 6.45) is 2.51. The summed E-state index contributed by atoms with van der Waals surface area (Å²) >= 11 is 0. The van der Waals surface area contributed by atoms with Crippen LogP contribution in [0.5, 0.6) is 0 Å². The number of rotatable bonds is 4. The van der Waals surface area contributed by atoms with Gasteiger partial charge >= 0.3 is 0 Å². The molecule has 1 heterocycles. The molecule has 1 aromatic carbocycles. The fraction of sp³-hybridized carbons (Fsp3) is 0.533. The lowest BCUT2D eigenvalue weighted by atomic mass is 10.0. The highest BCUT2D eigenvalue weighted by atomic mass is 32.2. The summed E-state index contributed by atoms with van der Waals surface area (Å²) in [6, 6.07) is 4.67. The number of carbonyl (C=O) groups excluding carboxylic acids is 1. The minimum Gasteiger partial charge on any atom is -0.371 e. The molecule has 0 aromatic heterocycles. The normalized spacial score (nSPS) is 17.5. The van der Waals surface area contributed by atoms with Gasteiger partial charge in [-0.25, -0.2) is 17.1 Å². The molecular formula is C15H21FN2O3S. The van der Waals surface area contributed by atoms with Crippen molar-refractivity contribution in [1.82, 2.24) is 4.31 Å². The van der Waals surface area contributed by atoms with E-state index in [4.69, 9.17) is 0 Å². The van der Waals surface area contributed by atoms with Gasteiger partial charge in [-0.1, -0.05) is 6.07 Å². The van der Waals surface area contributed by atoms with Crippen LogP contribution in [0.4, 0.5) is 10.1 Å². The summed E-state index contributed by atoms with van der Waals surface area (Å²) < 4.78 is 38.4. The number of hydrogen-bond donors (Lipinski definition) is 0. The lowest BCUT2D eigenvalue weighted by Gasteiger charge is -2.37. The number of piperidine rings is 1. The third-order valence-corrected chi connectivity index (χ3v) is 5.47. The number of nitrogens with zero attached hydrogens (tertiary/aromatic N) is 2. The first kappa shape index (κ1) is 16.9. The SMILES string of the molecule is CC(=O)c1c(F)cccc1N(C)C1CCN(S(C)(=O)=O)CC1. The van der Waals surface area contributed by atoms with Gasteiger partial charge in [0.25, 0.3) is 0 Å². The third kappa shape index (κ3) is 3.47. The minimum absolute atomic E-state index is 0.0814. The molecule has 5 nitrogen and oxygen atoms in total. The number of anilines is 1. The van der Waals surface area contributed by atoms with Gasteiger partial charge in [-0.3, -0.25) is 4.79 Å². The van der Waals surface area contributed by atoms with E-state index in [2.05, 4.69) is 0 Å². The Labute approximate surface area is 130 Å². The van der Waals surface area contributed by atoms with Gasteiger partial charge in [-0.15, -0.1) is 0 Å². The Morgan fingerprint density at radius 2 is 1.91 bits per heavy atom. The van der Waals surface area contributed by atoms with E-state index in [0.717, 1.165) is 0 Å². The largest absolute Gasteiger partial charge is 0.371 e. The standard InChI is InChI=1S/C15H21FN2O3S/c1-11(19)15-13(16)5-4-6-14(15)17(2)12-7-9-18(10-8-12)22(3,20)21/h4-6,12H,7-10H2,1-3H3. The molecule has 1 aliphatic rings. The second kappa shape index (κ2) is 6.34. The number of Topliss-reactive ketones (excluding diaryl/α,β-unsaturated/α-hetero) is 1. The maximum Gasteiger partial charge on any atom is 0.211 e. The Bertz CT molecular complexity index is 667. The summed E-state index contributed by atoms with van der Waals surface area (Å²) in [4.78, 5) is 13.6. The Kier molecular flexibility index (Phi) is 4.87. The van der Waals surface area contributed by atoms with Crippen LogP contribution in [0, 0.1) is 5.82 Å². The van der Waals surface area contributed by atoms with Gasteiger partial charge in [-0.05, 0) is 31.9 Å². The average Bonchev–Trinajstić information content (AvgIpc) is 2.45. The van der Waals surface area contributed by atoms with Gasteiger partial charge in [0, 0.05) is 26.2 Å². The summed E-state index contributed by atoms with van der Waals surface area (Å²) in [7, 11) is -1.35. The van der Waals surface area contributed by atoms with Crippen molar-refractivity contribution in [3.63, 3.8) is 0 Å². The number of carbonyl (C=O) groups is 1. The molecule has 1 fully saturated rings. The Morgan fingerprint density at radius 1 is 1.32 bits per heavy atom. The van der Waals surface area contributed by atoms with Crippen molar-refractivity contribution in [3.05, 3.63) is 29.6 Å². The van der Waals surface area contributed by atoms with E-state index in [1.54, 1.807) is 12.1 Å². The Hall–Kier alpha value is -1.47. The van der Waals surface area contributed by atoms with Gasteiger partial charge in [0.15, 0.2) is 5.78 Å². The van der Waals surface area contributed by atoms with E-state index in [1.807, 2.05) is 11.9 Å². The van der Waals surface area contributed by atoms with Crippen LogP contribution < -0.4 is 4.90 Å². The van der Waals surface area contributed by atoms with Gasteiger partial charge < -0.3 is 4.90 Å². The number of sulfonamides is 1. The fourth-order valence-corrected chi connectivity index (χ4v) is 3.79. The lowest BCUT2D eigenvalue weighted by molar-refractivity contribution is 0.101. The number of hydrogen-bond acceptors (Lipinski definition) is 4. The highest BCUT2D eigenvalue weighted by Gasteiger charge is 2.28. The molecule has 0 amide bonds. The summed E-state index contributed by atoms with van der Waals surface area (Å²) in [5.74, 6) is -0.834. The zero-order valence-corrected chi connectivity index (χ0v) is 13.9. The zero-order chi connectivity index (χ0) is 16.5. The predicted molar refractivity (Wildman–Crippen MR) is 84.2 cm³/mol. The van der Waals surface area contributed by atoms with Crippen LogP contribution >= 0.6 is 0 Å². The molecule has 22 heavy (non-hydrogen) atoms. The second-order valence-corrected chi connectivity index (χ2v) is 7.68. The van der Waals surface area contributed by atoms with Crippen molar-refractivity contribution in [3.8, 4) is 0 Å².